The number of halogens is 1. The highest BCUT2D eigenvalue weighted by atomic mass is 19.1. The molecule has 0 aliphatic heterocycles. The first-order valence-electron chi connectivity index (χ1n) is 6.84. The molecule has 1 unspecified atom stereocenters. The van der Waals surface area contributed by atoms with Gasteiger partial charge in [0.2, 0.25) is 0 Å². The Hall–Kier alpha value is -2.63. The Morgan fingerprint density at radius 2 is 1.91 bits per heavy atom. The number of rotatable bonds is 6. The lowest BCUT2D eigenvalue weighted by Crippen LogP contribution is -2.32. The van der Waals surface area contributed by atoms with E-state index in [0.717, 1.165) is 0 Å². The third-order valence-electron chi connectivity index (χ3n) is 3.13. The normalized spacial score (nSPS) is 11.9. The molecule has 6 heteroatoms. The maximum atomic E-state index is 12.9. The fourth-order valence-electron chi connectivity index (χ4n) is 1.94. The smallest absolute Gasteiger partial charge is 0.303 e. The van der Waals surface area contributed by atoms with Crippen LogP contribution in [0.2, 0.25) is 0 Å². The number of benzene rings is 1. The first kappa shape index (κ1) is 15.8. The van der Waals surface area contributed by atoms with Gasteiger partial charge in [-0.2, -0.15) is 0 Å². The first-order chi connectivity index (χ1) is 10.5. The number of carboxylic acids is 1. The summed E-state index contributed by atoms with van der Waals surface area (Å²) in [6, 6.07) is 8.62. The largest absolute Gasteiger partial charge is 0.481 e. The zero-order valence-corrected chi connectivity index (χ0v) is 12.0. The molecule has 0 aliphatic rings. The second-order valence-corrected chi connectivity index (χ2v) is 4.98. The first-order valence-corrected chi connectivity index (χ1v) is 6.84. The number of furan rings is 1. The van der Waals surface area contributed by atoms with Gasteiger partial charge in [0.1, 0.15) is 11.6 Å². The molecule has 1 atom stereocenters. The molecule has 116 valence electrons. The monoisotopic (exact) mass is 305 g/mol. The Balaban J connectivity index is 2.00. The zero-order valence-electron chi connectivity index (χ0n) is 12.0. The molecule has 0 saturated carbocycles. The molecule has 1 amide bonds. The SMILES string of the molecule is CC(CCC(=O)O)NC(=O)c1ccc(-c2ccc(F)cc2)o1. The molecule has 2 rings (SSSR count). The van der Waals surface area contributed by atoms with E-state index in [-0.39, 0.29) is 24.0 Å². The Labute approximate surface area is 126 Å². The highest BCUT2D eigenvalue weighted by Crippen LogP contribution is 2.22. The molecular weight excluding hydrogens is 289 g/mol. The van der Waals surface area contributed by atoms with Crippen molar-refractivity contribution in [2.24, 2.45) is 0 Å². The summed E-state index contributed by atoms with van der Waals surface area (Å²) in [4.78, 5) is 22.5. The predicted molar refractivity (Wildman–Crippen MR) is 77.9 cm³/mol. The molecule has 0 saturated heterocycles. The van der Waals surface area contributed by atoms with Crippen molar-refractivity contribution in [3.8, 4) is 11.3 Å². The van der Waals surface area contributed by atoms with Crippen molar-refractivity contribution >= 4 is 11.9 Å². The molecule has 1 aromatic heterocycles. The average molecular weight is 305 g/mol. The fourth-order valence-corrected chi connectivity index (χ4v) is 1.94. The number of carbonyl (C=O) groups is 2. The highest BCUT2D eigenvalue weighted by Gasteiger charge is 2.15. The van der Waals surface area contributed by atoms with Crippen LogP contribution >= 0.6 is 0 Å². The molecule has 1 aromatic carbocycles. The topological polar surface area (TPSA) is 79.5 Å². The van der Waals surface area contributed by atoms with Crippen LogP contribution in [0.4, 0.5) is 4.39 Å². The lowest BCUT2D eigenvalue weighted by atomic mass is 10.2. The Kier molecular flexibility index (Phi) is 4.93. The molecule has 5 nitrogen and oxygen atoms in total. The van der Waals surface area contributed by atoms with Gasteiger partial charge in [-0.3, -0.25) is 9.59 Å². The van der Waals surface area contributed by atoms with Crippen LogP contribution in [0.3, 0.4) is 0 Å². The molecule has 22 heavy (non-hydrogen) atoms. The maximum Gasteiger partial charge on any atom is 0.303 e. The van der Waals surface area contributed by atoms with Crippen molar-refractivity contribution in [2.45, 2.75) is 25.8 Å². The van der Waals surface area contributed by atoms with E-state index in [0.29, 0.717) is 17.7 Å². The van der Waals surface area contributed by atoms with E-state index < -0.39 is 11.9 Å². The summed E-state index contributed by atoms with van der Waals surface area (Å²) in [5.74, 6) is -1.07. The van der Waals surface area contributed by atoms with E-state index in [9.17, 15) is 14.0 Å². The van der Waals surface area contributed by atoms with Gasteiger partial charge in [-0.25, -0.2) is 4.39 Å². The van der Waals surface area contributed by atoms with Crippen molar-refractivity contribution < 1.29 is 23.5 Å². The molecule has 0 aliphatic carbocycles. The van der Waals surface area contributed by atoms with Crippen LogP contribution in [0.1, 0.15) is 30.3 Å². The van der Waals surface area contributed by atoms with Gasteiger partial charge in [-0.1, -0.05) is 0 Å². The molecule has 0 radical (unpaired) electrons. The van der Waals surface area contributed by atoms with E-state index in [1.807, 2.05) is 0 Å². The van der Waals surface area contributed by atoms with Crippen LogP contribution in [0.25, 0.3) is 11.3 Å². The summed E-state index contributed by atoms with van der Waals surface area (Å²) in [6.07, 6.45) is 0.326. The van der Waals surface area contributed by atoms with Crippen LogP contribution in [0.5, 0.6) is 0 Å². The van der Waals surface area contributed by atoms with Crippen molar-refractivity contribution in [2.75, 3.05) is 0 Å². The minimum Gasteiger partial charge on any atom is -0.481 e. The Morgan fingerprint density at radius 3 is 2.55 bits per heavy atom. The summed E-state index contributed by atoms with van der Waals surface area (Å²) >= 11 is 0. The van der Waals surface area contributed by atoms with Crippen LogP contribution in [0, 0.1) is 5.82 Å². The van der Waals surface area contributed by atoms with Crippen LogP contribution in [-0.4, -0.2) is 23.0 Å². The van der Waals surface area contributed by atoms with Crippen molar-refractivity contribution in [1.29, 1.82) is 0 Å². The van der Waals surface area contributed by atoms with Crippen LogP contribution in [0.15, 0.2) is 40.8 Å². The van der Waals surface area contributed by atoms with Gasteiger partial charge in [0.05, 0.1) is 0 Å². The third-order valence-corrected chi connectivity index (χ3v) is 3.13. The molecule has 0 bridgehead atoms. The van der Waals surface area contributed by atoms with E-state index in [1.165, 1.54) is 18.2 Å². The summed E-state index contributed by atoms with van der Waals surface area (Å²) < 4.78 is 18.3. The van der Waals surface area contributed by atoms with Gasteiger partial charge in [-0.05, 0) is 49.7 Å². The fraction of sp³-hybridized carbons (Fsp3) is 0.250. The Bertz CT molecular complexity index is 663. The van der Waals surface area contributed by atoms with Crippen molar-refractivity contribution in [1.82, 2.24) is 5.32 Å². The minimum atomic E-state index is -0.905. The maximum absolute atomic E-state index is 12.9. The van der Waals surface area contributed by atoms with Gasteiger partial charge in [0, 0.05) is 18.0 Å². The third kappa shape index (κ3) is 4.18. The van der Waals surface area contributed by atoms with E-state index >= 15 is 0 Å². The summed E-state index contributed by atoms with van der Waals surface area (Å²) in [5, 5.41) is 11.3. The molecular formula is C16H16FNO4. The second-order valence-electron chi connectivity index (χ2n) is 4.98. The molecule has 2 N–H and O–H groups in total. The molecule has 1 heterocycles. The second kappa shape index (κ2) is 6.89. The highest BCUT2D eigenvalue weighted by molar-refractivity contribution is 5.92. The Morgan fingerprint density at radius 1 is 1.23 bits per heavy atom. The summed E-state index contributed by atoms with van der Waals surface area (Å²) in [5.41, 5.74) is 0.666. The number of hydrogen-bond donors (Lipinski definition) is 2. The quantitative estimate of drug-likeness (QED) is 0.859. The minimum absolute atomic E-state index is 0.0135. The van der Waals surface area contributed by atoms with Crippen LogP contribution in [-0.2, 0) is 4.79 Å². The summed E-state index contributed by atoms with van der Waals surface area (Å²) in [7, 11) is 0. The van der Waals surface area contributed by atoms with Gasteiger partial charge in [0.25, 0.3) is 5.91 Å². The standard InChI is InChI=1S/C16H16FNO4/c1-10(2-9-15(19)20)18-16(21)14-8-7-13(22-14)11-3-5-12(17)6-4-11/h3-8,10H,2,9H2,1H3,(H,18,21)(H,19,20). The average Bonchev–Trinajstić information content (AvgIpc) is 2.96. The van der Waals surface area contributed by atoms with Crippen molar-refractivity contribution in [3.05, 3.63) is 48.0 Å². The number of nitrogens with one attached hydrogen (secondary N) is 1. The molecule has 0 spiro atoms. The number of amides is 1. The number of carboxylic acid groups (broad SMARTS) is 1. The lowest BCUT2D eigenvalue weighted by Gasteiger charge is -2.11. The van der Waals surface area contributed by atoms with Crippen molar-refractivity contribution in [3.63, 3.8) is 0 Å². The predicted octanol–water partition coefficient (Wildman–Crippen LogP) is 3.07. The van der Waals surface area contributed by atoms with Crippen LogP contribution < -0.4 is 5.32 Å². The van der Waals surface area contributed by atoms with Gasteiger partial charge < -0.3 is 14.8 Å². The zero-order chi connectivity index (χ0) is 16.1. The number of hydrogen-bond acceptors (Lipinski definition) is 3. The van der Waals surface area contributed by atoms with Gasteiger partial charge in [-0.15, -0.1) is 0 Å². The van der Waals surface area contributed by atoms with Gasteiger partial charge in [0.15, 0.2) is 5.76 Å². The van der Waals surface area contributed by atoms with Gasteiger partial charge >= 0.3 is 5.97 Å². The summed E-state index contributed by atoms with van der Waals surface area (Å²) in [6.45, 7) is 1.73. The number of carbonyl (C=O) groups excluding carboxylic acids is 1. The van der Waals surface area contributed by atoms with E-state index in [2.05, 4.69) is 5.32 Å². The molecule has 2 aromatic rings. The van der Waals surface area contributed by atoms with E-state index in [4.69, 9.17) is 9.52 Å². The lowest BCUT2D eigenvalue weighted by molar-refractivity contribution is -0.137. The number of aliphatic carboxylic acids is 1. The van der Waals surface area contributed by atoms with E-state index in [1.54, 1.807) is 25.1 Å². The molecule has 0 fully saturated rings.